The summed E-state index contributed by atoms with van der Waals surface area (Å²) >= 11 is 0. The van der Waals surface area contributed by atoms with Crippen LogP contribution in [-0.4, -0.2) is 5.11 Å². The molecule has 0 fully saturated rings. The van der Waals surface area contributed by atoms with Gasteiger partial charge in [-0.2, -0.15) is 0 Å². The summed E-state index contributed by atoms with van der Waals surface area (Å²) in [5.41, 5.74) is 6.82. The van der Waals surface area contributed by atoms with Crippen molar-refractivity contribution in [3.8, 4) is 5.75 Å². The SMILES string of the molecule is Cc1c(C)c2c(c(C)c1O)C(C)(CCCC(C)CCCC(C)CCCC(C)C)CC2. The van der Waals surface area contributed by atoms with E-state index in [2.05, 4.69) is 55.4 Å². The van der Waals surface area contributed by atoms with Crippen LogP contribution in [0.5, 0.6) is 5.75 Å². The lowest BCUT2D eigenvalue weighted by atomic mass is 9.76. The van der Waals surface area contributed by atoms with Gasteiger partial charge in [-0.1, -0.05) is 86.0 Å². The number of hydrogen-bond donors (Lipinski definition) is 1. The molecule has 30 heavy (non-hydrogen) atoms. The Morgan fingerprint density at radius 1 is 0.767 bits per heavy atom. The Hall–Kier alpha value is -0.980. The number of rotatable bonds is 12. The van der Waals surface area contributed by atoms with Crippen LogP contribution in [0.3, 0.4) is 0 Å². The zero-order valence-corrected chi connectivity index (χ0v) is 21.5. The lowest BCUT2D eigenvalue weighted by Crippen LogP contribution is -2.20. The van der Waals surface area contributed by atoms with E-state index in [0.717, 1.165) is 28.9 Å². The van der Waals surface area contributed by atoms with Gasteiger partial charge in [-0.15, -0.1) is 0 Å². The van der Waals surface area contributed by atoms with Crippen LogP contribution < -0.4 is 0 Å². The molecule has 0 aliphatic heterocycles. The molecule has 0 saturated carbocycles. The fourth-order valence-electron chi connectivity index (χ4n) is 5.94. The molecule has 0 aromatic heterocycles. The van der Waals surface area contributed by atoms with Gasteiger partial charge in [0, 0.05) is 0 Å². The molecule has 3 unspecified atom stereocenters. The van der Waals surface area contributed by atoms with E-state index in [1.165, 1.54) is 87.3 Å². The second kappa shape index (κ2) is 11.1. The average Bonchev–Trinajstić information content (AvgIpc) is 3.02. The molecular weight excluding hydrogens is 364 g/mol. The van der Waals surface area contributed by atoms with E-state index in [9.17, 15) is 5.11 Å². The van der Waals surface area contributed by atoms with Crippen LogP contribution in [0.15, 0.2) is 0 Å². The Morgan fingerprint density at radius 2 is 1.30 bits per heavy atom. The van der Waals surface area contributed by atoms with Crippen molar-refractivity contribution >= 4 is 0 Å². The molecule has 3 atom stereocenters. The summed E-state index contributed by atoms with van der Waals surface area (Å²) in [6, 6.07) is 0. The van der Waals surface area contributed by atoms with E-state index in [-0.39, 0.29) is 5.41 Å². The molecule has 0 spiro atoms. The normalized spacial score (nSPS) is 20.6. The van der Waals surface area contributed by atoms with Crippen molar-refractivity contribution in [2.75, 3.05) is 0 Å². The van der Waals surface area contributed by atoms with E-state index in [4.69, 9.17) is 0 Å². The lowest BCUT2D eigenvalue weighted by molar-refractivity contribution is 0.357. The number of phenolic OH excluding ortho intramolecular Hbond substituents is 1. The highest BCUT2D eigenvalue weighted by Crippen LogP contribution is 2.48. The fraction of sp³-hybridized carbons (Fsp3) is 0.793. The minimum absolute atomic E-state index is 0.250. The topological polar surface area (TPSA) is 20.2 Å². The molecule has 0 saturated heterocycles. The third-order valence-electron chi connectivity index (χ3n) is 8.23. The molecular formula is C29H50O. The van der Waals surface area contributed by atoms with E-state index in [1.54, 1.807) is 0 Å². The molecule has 0 radical (unpaired) electrons. The summed E-state index contributed by atoms with van der Waals surface area (Å²) in [6.45, 7) is 18.4. The van der Waals surface area contributed by atoms with E-state index >= 15 is 0 Å². The quantitative estimate of drug-likeness (QED) is 0.362. The van der Waals surface area contributed by atoms with Gasteiger partial charge >= 0.3 is 0 Å². The summed E-state index contributed by atoms with van der Waals surface area (Å²) in [4.78, 5) is 0. The van der Waals surface area contributed by atoms with Crippen molar-refractivity contribution in [2.45, 2.75) is 131 Å². The molecule has 1 N–H and O–H groups in total. The first-order valence-corrected chi connectivity index (χ1v) is 12.9. The van der Waals surface area contributed by atoms with Gasteiger partial charge in [0.2, 0.25) is 0 Å². The smallest absolute Gasteiger partial charge is 0.121 e. The molecule has 2 rings (SSSR count). The maximum absolute atomic E-state index is 10.6. The van der Waals surface area contributed by atoms with E-state index in [0.29, 0.717) is 5.75 Å². The second-order valence-corrected chi connectivity index (χ2v) is 11.5. The Bertz CT molecular complexity index is 686. The van der Waals surface area contributed by atoms with Crippen molar-refractivity contribution < 1.29 is 5.11 Å². The molecule has 0 amide bonds. The first-order valence-electron chi connectivity index (χ1n) is 12.9. The molecule has 1 heteroatoms. The maximum Gasteiger partial charge on any atom is 0.121 e. The molecule has 1 aliphatic rings. The van der Waals surface area contributed by atoms with Gasteiger partial charge in [0.15, 0.2) is 0 Å². The first kappa shape index (κ1) is 25.3. The highest BCUT2D eigenvalue weighted by atomic mass is 16.3. The molecule has 1 aliphatic carbocycles. The number of fused-ring (bicyclic) bond motifs is 1. The highest BCUT2D eigenvalue weighted by Gasteiger charge is 2.37. The average molecular weight is 415 g/mol. The van der Waals surface area contributed by atoms with Crippen molar-refractivity contribution in [2.24, 2.45) is 17.8 Å². The van der Waals surface area contributed by atoms with Crippen LogP contribution in [0.4, 0.5) is 0 Å². The highest BCUT2D eigenvalue weighted by molar-refractivity contribution is 5.58. The zero-order valence-electron chi connectivity index (χ0n) is 21.5. The molecule has 1 nitrogen and oxygen atoms in total. The van der Waals surface area contributed by atoms with Gasteiger partial charge in [-0.3, -0.25) is 0 Å². The van der Waals surface area contributed by atoms with Gasteiger partial charge in [0.05, 0.1) is 0 Å². The van der Waals surface area contributed by atoms with E-state index < -0.39 is 0 Å². The van der Waals surface area contributed by atoms with Crippen molar-refractivity contribution in [3.05, 3.63) is 27.8 Å². The maximum atomic E-state index is 10.6. The van der Waals surface area contributed by atoms with Gasteiger partial charge in [0.25, 0.3) is 0 Å². The van der Waals surface area contributed by atoms with Crippen LogP contribution in [0.2, 0.25) is 0 Å². The second-order valence-electron chi connectivity index (χ2n) is 11.5. The van der Waals surface area contributed by atoms with Crippen LogP contribution in [0.1, 0.15) is 127 Å². The summed E-state index contributed by atoms with van der Waals surface area (Å²) in [5.74, 6) is 3.13. The third-order valence-corrected chi connectivity index (χ3v) is 8.23. The first-order chi connectivity index (χ1) is 14.1. The molecule has 1 aromatic rings. The Kier molecular flexibility index (Phi) is 9.32. The van der Waals surface area contributed by atoms with E-state index in [1.807, 2.05) is 0 Å². The zero-order chi connectivity index (χ0) is 22.5. The third kappa shape index (κ3) is 6.27. The standard InChI is InChI=1S/C29H50O/c1-20(2)12-9-13-21(3)14-10-15-22(4)16-11-18-29(8)19-17-26-23(5)24(6)28(30)25(7)27(26)29/h20-22,30H,9-19H2,1-8H3. The monoisotopic (exact) mass is 414 g/mol. The van der Waals surface area contributed by atoms with Crippen molar-refractivity contribution in [3.63, 3.8) is 0 Å². The number of aromatic hydroxyl groups is 1. The minimum atomic E-state index is 0.250. The summed E-state index contributed by atoms with van der Waals surface area (Å²) in [5, 5.41) is 10.6. The van der Waals surface area contributed by atoms with Crippen LogP contribution >= 0.6 is 0 Å². The Morgan fingerprint density at radius 3 is 1.87 bits per heavy atom. The lowest BCUT2D eigenvalue weighted by Gasteiger charge is -2.29. The number of hydrogen-bond acceptors (Lipinski definition) is 1. The molecule has 1 aromatic carbocycles. The molecule has 172 valence electrons. The predicted molar refractivity (Wildman–Crippen MR) is 133 cm³/mol. The summed E-state index contributed by atoms with van der Waals surface area (Å²) in [7, 11) is 0. The molecule has 0 heterocycles. The van der Waals surface area contributed by atoms with Crippen LogP contribution in [-0.2, 0) is 11.8 Å². The number of benzene rings is 1. The Labute approximate surface area is 188 Å². The van der Waals surface area contributed by atoms with Gasteiger partial charge in [0.1, 0.15) is 5.75 Å². The van der Waals surface area contributed by atoms with Gasteiger partial charge in [-0.25, -0.2) is 0 Å². The van der Waals surface area contributed by atoms with Gasteiger partial charge in [-0.05, 0) is 91.0 Å². The minimum Gasteiger partial charge on any atom is -0.507 e. The van der Waals surface area contributed by atoms with Crippen LogP contribution in [0.25, 0.3) is 0 Å². The predicted octanol–water partition coefficient (Wildman–Crippen LogP) is 8.96. The fourth-order valence-corrected chi connectivity index (χ4v) is 5.94. The Balaban J connectivity index is 1.77. The van der Waals surface area contributed by atoms with Crippen molar-refractivity contribution in [1.82, 2.24) is 0 Å². The summed E-state index contributed by atoms with van der Waals surface area (Å²) in [6.07, 6.45) is 14.8. The van der Waals surface area contributed by atoms with Gasteiger partial charge < -0.3 is 5.11 Å². The van der Waals surface area contributed by atoms with Crippen LogP contribution in [0, 0.1) is 38.5 Å². The largest absolute Gasteiger partial charge is 0.507 e. The molecule has 0 bridgehead atoms. The number of phenols is 1. The van der Waals surface area contributed by atoms with Crippen molar-refractivity contribution in [1.29, 1.82) is 0 Å². The summed E-state index contributed by atoms with van der Waals surface area (Å²) < 4.78 is 0.